The van der Waals surface area contributed by atoms with E-state index in [0.717, 1.165) is 37.9 Å². The lowest BCUT2D eigenvalue weighted by Crippen LogP contribution is -2.49. The van der Waals surface area contributed by atoms with Crippen molar-refractivity contribution in [2.45, 2.75) is 19.9 Å². The van der Waals surface area contributed by atoms with Crippen molar-refractivity contribution < 1.29 is 14.3 Å². The van der Waals surface area contributed by atoms with Gasteiger partial charge in [0.1, 0.15) is 5.82 Å². The van der Waals surface area contributed by atoms with Gasteiger partial charge in [-0.15, -0.1) is 0 Å². The monoisotopic (exact) mass is 292 g/mol. The van der Waals surface area contributed by atoms with E-state index in [1.54, 1.807) is 6.07 Å². The third-order valence-corrected chi connectivity index (χ3v) is 3.81. The highest BCUT2D eigenvalue weighted by Gasteiger charge is 2.21. The van der Waals surface area contributed by atoms with Crippen molar-refractivity contribution in [3.8, 4) is 0 Å². The molecule has 2 rings (SSSR count). The molecule has 1 aliphatic heterocycles. The van der Waals surface area contributed by atoms with Gasteiger partial charge < -0.3 is 10.0 Å². The summed E-state index contributed by atoms with van der Waals surface area (Å²) in [5.74, 6) is -1.47. The van der Waals surface area contributed by atoms with Crippen molar-refractivity contribution in [2.75, 3.05) is 31.1 Å². The smallest absolute Gasteiger partial charge is 0.328 e. The molecule has 0 aromatic heterocycles. The highest BCUT2D eigenvalue weighted by molar-refractivity contribution is 5.87. The number of carboxylic acid groups (broad SMARTS) is 1. The summed E-state index contributed by atoms with van der Waals surface area (Å²) in [5.41, 5.74) is 1.11. The SMILES string of the molecule is CC(C)N1CCN(c2cccc(F)c2/C=C/C(=O)O)CC1. The average molecular weight is 292 g/mol. The molecule has 1 N–H and O–H groups in total. The normalized spacial score (nSPS) is 16.9. The van der Waals surface area contributed by atoms with Crippen LogP contribution >= 0.6 is 0 Å². The predicted octanol–water partition coefficient (Wildman–Crippen LogP) is 2.45. The van der Waals surface area contributed by atoms with Crippen molar-refractivity contribution in [1.29, 1.82) is 0 Å². The maximum atomic E-state index is 14.0. The Bertz CT molecular complexity index is 535. The number of aliphatic carboxylic acids is 1. The standard InChI is InChI=1S/C16H21FN2O2/c1-12(2)18-8-10-19(11-9-18)15-5-3-4-14(17)13(15)6-7-16(20)21/h3-7,12H,8-11H2,1-2H3,(H,20,21)/b7-6+. The third kappa shape index (κ3) is 3.82. The molecule has 1 saturated heterocycles. The van der Waals surface area contributed by atoms with Gasteiger partial charge in [0.25, 0.3) is 0 Å². The number of carbonyl (C=O) groups is 1. The lowest BCUT2D eigenvalue weighted by Gasteiger charge is -2.38. The van der Waals surface area contributed by atoms with E-state index in [2.05, 4.69) is 23.6 Å². The minimum Gasteiger partial charge on any atom is -0.478 e. The van der Waals surface area contributed by atoms with E-state index in [-0.39, 0.29) is 0 Å². The number of rotatable bonds is 4. The predicted molar refractivity (Wildman–Crippen MR) is 82.0 cm³/mol. The zero-order valence-corrected chi connectivity index (χ0v) is 12.4. The van der Waals surface area contributed by atoms with Gasteiger partial charge >= 0.3 is 5.97 Å². The molecule has 1 aromatic rings. The molecule has 0 radical (unpaired) electrons. The maximum Gasteiger partial charge on any atom is 0.328 e. The van der Waals surface area contributed by atoms with E-state index in [0.29, 0.717) is 11.6 Å². The van der Waals surface area contributed by atoms with Crippen LogP contribution in [0.1, 0.15) is 19.4 Å². The number of hydrogen-bond donors (Lipinski definition) is 1. The van der Waals surface area contributed by atoms with Gasteiger partial charge in [0.15, 0.2) is 0 Å². The Labute approximate surface area is 124 Å². The Balaban J connectivity index is 2.20. The van der Waals surface area contributed by atoms with Crippen LogP contribution in [-0.2, 0) is 4.79 Å². The number of benzene rings is 1. The summed E-state index contributed by atoms with van der Waals surface area (Å²) in [6.45, 7) is 7.81. The quantitative estimate of drug-likeness (QED) is 0.866. The largest absolute Gasteiger partial charge is 0.478 e. The fourth-order valence-corrected chi connectivity index (χ4v) is 2.60. The summed E-state index contributed by atoms with van der Waals surface area (Å²) >= 11 is 0. The number of piperazine rings is 1. The molecule has 21 heavy (non-hydrogen) atoms. The average Bonchev–Trinajstić information content (AvgIpc) is 2.45. The van der Waals surface area contributed by atoms with Gasteiger partial charge in [-0.3, -0.25) is 4.90 Å². The first kappa shape index (κ1) is 15.5. The molecule has 4 nitrogen and oxygen atoms in total. The number of carboxylic acids is 1. The fourth-order valence-electron chi connectivity index (χ4n) is 2.60. The Hall–Kier alpha value is -1.88. The van der Waals surface area contributed by atoms with Crippen molar-refractivity contribution in [3.63, 3.8) is 0 Å². The molecule has 0 bridgehead atoms. The Morgan fingerprint density at radius 1 is 1.29 bits per heavy atom. The first-order valence-electron chi connectivity index (χ1n) is 7.17. The molecule has 0 saturated carbocycles. The van der Waals surface area contributed by atoms with E-state index in [9.17, 15) is 9.18 Å². The molecular weight excluding hydrogens is 271 g/mol. The lowest BCUT2D eigenvalue weighted by molar-refractivity contribution is -0.131. The molecule has 114 valence electrons. The molecule has 0 atom stereocenters. The van der Waals surface area contributed by atoms with Crippen LogP contribution in [0.2, 0.25) is 0 Å². The van der Waals surface area contributed by atoms with E-state index in [1.165, 1.54) is 12.1 Å². The van der Waals surface area contributed by atoms with Crippen molar-refractivity contribution in [2.24, 2.45) is 0 Å². The molecular formula is C16H21FN2O2. The molecule has 1 fully saturated rings. The topological polar surface area (TPSA) is 43.8 Å². The van der Waals surface area contributed by atoms with Crippen molar-refractivity contribution in [3.05, 3.63) is 35.7 Å². The van der Waals surface area contributed by atoms with Gasteiger partial charge in [0.2, 0.25) is 0 Å². The molecule has 0 amide bonds. The van der Waals surface area contributed by atoms with Crippen LogP contribution in [0.5, 0.6) is 0 Å². The summed E-state index contributed by atoms with van der Waals surface area (Å²) in [4.78, 5) is 15.2. The summed E-state index contributed by atoms with van der Waals surface area (Å²) in [6, 6.07) is 5.37. The zero-order chi connectivity index (χ0) is 15.4. The number of nitrogens with zero attached hydrogens (tertiary/aromatic N) is 2. The zero-order valence-electron chi connectivity index (χ0n) is 12.4. The van der Waals surface area contributed by atoms with Crippen LogP contribution in [0.4, 0.5) is 10.1 Å². The highest BCUT2D eigenvalue weighted by atomic mass is 19.1. The second kappa shape index (κ2) is 6.72. The molecule has 0 aliphatic carbocycles. The first-order chi connectivity index (χ1) is 9.99. The second-order valence-corrected chi connectivity index (χ2v) is 5.46. The number of anilines is 1. The van der Waals surface area contributed by atoms with Gasteiger partial charge in [0.05, 0.1) is 0 Å². The lowest BCUT2D eigenvalue weighted by atomic mass is 10.1. The van der Waals surface area contributed by atoms with Crippen LogP contribution in [-0.4, -0.2) is 48.2 Å². The van der Waals surface area contributed by atoms with Crippen molar-refractivity contribution >= 4 is 17.7 Å². The first-order valence-corrected chi connectivity index (χ1v) is 7.17. The molecule has 1 aliphatic rings. The van der Waals surface area contributed by atoms with Gasteiger partial charge in [0, 0.05) is 49.5 Å². The number of hydrogen-bond acceptors (Lipinski definition) is 3. The molecule has 1 heterocycles. The van der Waals surface area contributed by atoms with Crippen LogP contribution in [0.15, 0.2) is 24.3 Å². The second-order valence-electron chi connectivity index (χ2n) is 5.46. The van der Waals surface area contributed by atoms with Crippen LogP contribution in [0.3, 0.4) is 0 Å². The summed E-state index contributed by atoms with van der Waals surface area (Å²) in [5, 5.41) is 8.73. The van der Waals surface area contributed by atoms with E-state index < -0.39 is 11.8 Å². The highest BCUT2D eigenvalue weighted by Crippen LogP contribution is 2.26. The third-order valence-electron chi connectivity index (χ3n) is 3.81. The Morgan fingerprint density at radius 2 is 1.95 bits per heavy atom. The van der Waals surface area contributed by atoms with E-state index in [1.807, 2.05) is 6.07 Å². The van der Waals surface area contributed by atoms with Gasteiger partial charge in [-0.05, 0) is 32.1 Å². The molecule has 5 heteroatoms. The van der Waals surface area contributed by atoms with Crippen LogP contribution < -0.4 is 4.90 Å². The maximum absolute atomic E-state index is 14.0. The summed E-state index contributed by atoms with van der Waals surface area (Å²) < 4.78 is 14.0. The molecule has 0 spiro atoms. The molecule has 1 aromatic carbocycles. The van der Waals surface area contributed by atoms with E-state index >= 15 is 0 Å². The minimum atomic E-state index is -1.08. The van der Waals surface area contributed by atoms with Crippen LogP contribution in [0, 0.1) is 5.82 Å². The number of halogens is 1. The Kier molecular flexibility index (Phi) is 4.96. The Morgan fingerprint density at radius 3 is 2.52 bits per heavy atom. The van der Waals surface area contributed by atoms with Crippen LogP contribution in [0.25, 0.3) is 6.08 Å². The molecule has 0 unspecified atom stereocenters. The summed E-state index contributed by atoms with van der Waals surface area (Å²) in [6.07, 6.45) is 2.31. The van der Waals surface area contributed by atoms with E-state index in [4.69, 9.17) is 5.11 Å². The summed E-state index contributed by atoms with van der Waals surface area (Å²) in [7, 11) is 0. The van der Waals surface area contributed by atoms with Gasteiger partial charge in [-0.25, -0.2) is 9.18 Å². The fraction of sp³-hybridized carbons (Fsp3) is 0.438. The van der Waals surface area contributed by atoms with Crippen molar-refractivity contribution in [1.82, 2.24) is 4.90 Å². The van der Waals surface area contributed by atoms with Gasteiger partial charge in [-0.1, -0.05) is 6.07 Å². The van der Waals surface area contributed by atoms with Gasteiger partial charge in [-0.2, -0.15) is 0 Å². The minimum absolute atomic E-state index is 0.345.